The fraction of sp³-hybridized carbons (Fsp3) is 0.379. The van der Waals surface area contributed by atoms with Gasteiger partial charge in [-0.2, -0.15) is 5.26 Å². The van der Waals surface area contributed by atoms with Crippen LogP contribution in [0.25, 0.3) is 0 Å². The highest BCUT2D eigenvalue weighted by molar-refractivity contribution is 5.94. The smallest absolute Gasteiger partial charge is 0.248 e. The second kappa shape index (κ2) is 9.88. The van der Waals surface area contributed by atoms with Gasteiger partial charge in [-0.3, -0.25) is 14.4 Å². The van der Waals surface area contributed by atoms with Gasteiger partial charge in [-0.25, -0.2) is 0 Å². The van der Waals surface area contributed by atoms with Crippen LogP contribution in [-0.4, -0.2) is 63.0 Å². The van der Waals surface area contributed by atoms with Crippen LogP contribution in [0.1, 0.15) is 68.1 Å². The molecule has 6 N–H and O–H groups in total. The molecule has 1 aliphatic heterocycles. The Bertz CT molecular complexity index is 1480. The highest BCUT2D eigenvalue weighted by atomic mass is 16.2. The third-order valence-corrected chi connectivity index (χ3v) is 8.68. The van der Waals surface area contributed by atoms with Crippen LogP contribution in [0.3, 0.4) is 0 Å². The zero-order valence-electron chi connectivity index (χ0n) is 21.9. The minimum atomic E-state index is -0.829. The Morgan fingerprint density at radius 2 is 1.70 bits per heavy atom. The summed E-state index contributed by atoms with van der Waals surface area (Å²) >= 11 is 0. The quantitative estimate of drug-likeness (QED) is 0.307. The molecule has 0 unspecified atom stereocenters. The minimum absolute atomic E-state index is 0.0656. The number of H-pyrrole nitrogens is 1. The molecule has 2 heterocycles. The number of primary amides is 2. The minimum Gasteiger partial charge on any atom is -0.366 e. The van der Waals surface area contributed by atoms with Crippen LogP contribution < -0.4 is 16.8 Å². The van der Waals surface area contributed by atoms with E-state index in [1.54, 1.807) is 17.0 Å². The second-order valence-corrected chi connectivity index (χ2v) is 10.9. The number of benzene rings is 2. The number of nitrogens with one attached hydrogen (secondary N) is 2. The third-order valence-electron chi connectivity index (χ3n) is 8.68. The Morgan fingerprint density at radius 1 is 1.05 bits per heavy atom. The predicted octanol–water partition coefficient (Wildman–Crippen LogP) is 0.928. The number of carbonyl (C=O) groups excluding carboxylic acids is 3. The SMILES string of the molecule is N#C[C@@H]1C[C@@H]2C[C@@H]2N1C(=O)CNCCC1(c2nnc[nH]2)c2ccc(C(N)=O)cc2CCc2cc(C(N)=O)ccc21. The number of amides is 3. The maximum absolute atomic E-state index is 13.1. The molecule has 0 spiro atoms. The number of aromatic nitrogens is 3. The van der Waals surface area contributed by atoms with E-state index in [0.717, 1.165) is 35.1 Å². The number of nitrogens with zero attached hydrogens (tertiary/aromatic N) is 4. The number of aryl methyl sites for hydroxylation is 2. The molecule has 6 rings (SSSR count). The number of likely N-dealkylation sites (tertiary alicyclic amines) is 1. The van der Waals surface area contributed by atoms with E-state index in [9.17, 15) is 19.6 Å². The van der Waals surface area contributed by atoms with Crippen molar-refractivity contribution in [2.45, 2.75) is 49.6 Å². The summed E-state index contributed by atoms with van der Waals surface area (Å²) < 4.78 is 0. The van der Waals surface area contributed by atoms with E-state index in [-0.39, 0.29) is 24.5 Å². The standard InChI is InChI=1S/C29H30N8O3/c30-13-21-11-20-12-24(20)37(21)25(38)14-33-8-7-29(28-34-15-35-36-28)22-5-3-18(26(31)39)9-16(22)1-2-17-10-19(27(32)40)4-6-23(17)29/h3-6,9-10,15,20-21,24,33H,1-2,7-8,11-12,14H2,(H2,31,39)(H2,32,40)(H,34,35,36)/t20-,21+,24+/m1/s1. The lowest BCUT2D eigenvalue weighted by molar-refractivity contribution is -0.131. The van der Waals surface area contributed by atoms with Crippen molar-refractivity contribution in [2.75, 3.05) is 13.1 Å². The Morgan fingerprint density at radius 3 is 2.25 bits per heavy atom. The van der Waals surface area contributed by atoms with E-state index in [0.29, 0.717) is 48.7 Å². The Balaban J connectivity index is 1.37. The van der Waals surface area contributed by atoms with Crippen LogP contribution in [0.2, 0.25) is 0 Å². The van der Waals surface area contributed by atoms with Gasteiger partial charge in [0.25, 0.3) is 0 Å². The lowest BCUT2D eigenvalue weighted by Gasteiger charge is -2.35. The number of hydrogen-bond acceptors (Lipinski definition) is 7. The molecule has 2 aliphatic carbocycles. The molecular weight excluding hydrogens is 508 g/mol. The fourth-order valence-electron chi connectivity index (χ4n) is 6.70. The van der Waals surface area contributed by atoms with E-state index < -0.39 is 17.2 Å². The Labute approximate surface area is 230 Å². The number of nitriles is 1. The van der Waals surface area contributed by atoms with Crippen molar-refractivity contribution in [1.29, 1.82) is 5.26 Å². The summed E-state index contributed by atoms with van der Waals surface area (Å²) in [5, 5.41) is 21.3. The largest absolute Gasteiger partial charge is 0.366 e. The van der Waals surface area contributed by atoms with Crippen molar-refractivity contribution >= 4 is 17.7 Å². The van der Waals surface area contributed by atoms with Crippen LogP contribution in [0, 0.1) is 17.2 Å². The molecule has 3 aliphatic rings. The van der Waals surface area contributed by atoms with Crippen molar-refractivity contribution < 1.29 is 14.4 Å². The second-order valence-electron chi connectivity index (χ2n) is 10.9. The molecular formula is C29H30N8O3. The monoisotopic (exact) mass is 538 g/mol. The average molecular weight is 539 g/mol. The lowest BCUT2D eigenvalue weighted by atomic mass is 9.69. The zero-order chi connectivity index (χ0) is 28.0. The van der Waals surface area contributed by atoms with Gasteiger partial charge in [0.15, 0.2) is 0 Å². The number of piperidine rings is 1. The number of hydrogen-bond donors (Lipinski definition) is 4. The number of carbonyl (C=O) groups is 3. The van der Waals surface area contributed by atoms with Gasteiger partial charge in [-0.1, -0.05) is 12.1 Å². The van der Waals surface area contributed by atoms with Crippen LogP contribution in [0.4, 0.5) is 0 Å². The van der Waals surface area contributed by atoms with Crippen molar-refractivity contribution in [3.8, 4) is 6.07 Å². The molecule has 3 amide bonds. The molecule has 1 saturated carbocycles. The highest BCUT2D eigenvalue weighted by Gasteiger charge is 2.54. The first kappa shape index (κ1) is 25.7. The molecule has 0 radical (unpaired) electrons. The van der Waals surface area contributed by atoms with Gasteiger partial charge in [-0.15, -0.1) is 10.2 Å². The molecule has 3 atom stereocenters. The van der Waals surface area contributed by atoms with Crippen LogP contribution >= 0.6 is 0 Å². The Hall–Kier alpha value is -4.56. The summed E-state index contributed by atoms with van der Waals surface area (Å²) in [5.74, 6) is -0.0290. The molecule has 11 nitrogen and oxygen atoms in total. The van der Waals surface area contributed by atoms with E-state index in [1.807, 2.05) is 24.3 Å². The predicted molar refractivity (Wildman–Crippen MR) is 144 cm³/mol. The number of aromatic amines is 1. The van der Waals surface area contributed by atoms with Crippen LogP contribution in [-0.2, 0) is 23.1 Å². The van der Waals surface area contributed by atoms with Crippen molar-refractivity contribution in [1.82, 2.24) is 25.4 Å². The molecule has 2 fully saturated rings. The first-order valence-corrected chi connectivity index (χ1v) is 13.5. The number of nitrogens with two attached hydrogens (primary N) is 2. The van der Waals surface area contributed by atoms with Crippen molar-refractivity contribution in [2.24, 2.45) is 17.4 Å². The molecule has 40 heavy (non-hydrogen) atoms. The summed E-state index contributed by atoms with van der Waals surface area (Å²) in [6.45, 7) is 0.564. The van der Waals surface area contributed by atoms with Gasteiger partial charge in [0, 0.05) is 17.2 Å². The topological polar surface area (TPSA) is 184 Å². The van der Waals surface area contributed by atoms with Gasteiger partial charge >= 0.3 is 0 Å². The number of fused-ring (bicyclic) bond motifs is 3. The van der Waals surface area contributed by atoms with Gasteiger partial charge in [0.1, 0.15) is 18.2 Å². The van der Waals surface area contributed by atoms with Gasteiger partial charge in [-0.05, 0) is 91.1 Å². The molecule has 11 heteroatoms. The first-order valence-electron chi connectivity index (χ1n) is 13.5. The maximum Gasteiger partial charge on any atom is 0.248 e. The van der Waals surface area contributed by atoms with E-state index in [1.165, 1.54) is 6.33 Å². The summed E-state index contributed by atoms with van der Waals surface area (Å²) in [6.07, 6.45) is 4.98. The molecule has 1 aromatic heterocycles. The van der Waals surface area contributed by atoms with Crippen LogP contribution in [0.15, 0.2) is 42.7 Å². The summed E-state index contributed by atoms with van der Waals surface area (Å²) in [7, 11) is 0. The maximum atomic E-state index is 13.1. The molecule has 0 bridgehead atoms. The zero-order valence-corrected chi connectivity index (χ0v) is 21.9. The molecule has 1 saturated heterocycles. The van der Waals surface area contributed by atoms with Crippen molar-refractivity contribution in [3.05, 3.63) is 81.9 Å². The van der Waals surface area contributed by atoms with Gasteiger partial charge in [0.2, 0.25) is 17.7 Å². The molecule has 3 aromatic rings. The summed E-state index contributed by atoms with van der Waals surface area (Å²) in [5.41, 5.74) is 15.0. The average Bonchev–Trinajstić information content (AvgIpc) is 3.34. The molecule has 204 valence electrons. The van der Waals surface area contributed by atoms with E-state index in [2.05, 4.69) is 26.6 Å². The summed E-state index contributed by atoms with van der Waals surface area (Å²) in [4.78, 5) is 42.1. The normalized spacial score (nSPS) is 21.9. The summed E-state index contributed by atoms with van der Waals surface area (Å²) in [6, 6.07) is 13.0. The lowest BCUT2D eigenvalue weighted by Crippen LogP contribution is -2.44. The van der Waals surface area contributed by atoms with Crippen molar-refractivity contribution in [3.63, 3.8) is 0 Å². The number of rotatable bonds is 8. The highest BCUT2D eigenvalue weighted by Crippen LogP contribution is 2.48. The fourth-order valence-corrected chi connectivity index (χ4v) is 6.70. The Kier molecular flexibility index (Phi) is 6.35. The first-order chi connectivity index (χ1) is 19.3. The van der Waals surface area contributed by atoms with Gasteiger partial charge < -0.3 is 26.7 Å². The molecule has 2 aromatic carbocycles. The van der Waals surface area contributed by atoms with E-state index >= 15 is 0 Å². The van der Waals surface area contributed by atoms with Crippen LogP contribution in [0.5, 0.6) is 0 Å². The van der Waals surface area contributed by atoms with E-state index in [4.69, 9.17) is 11.5 Å². The van der Waals surface area contributed by atoms with Gasteiger partial charge in [0.05, 0.1) is 18.0 Å². The third kappa shape index (κ3) is 4.21.